The Morgan fingerprint density at radius 1 is 1.52 bits per heavy atom. The zero-order chi connectivity index (χ0) is 15.6. The van der Waals surface area contributed by atoms with Crippen molar-refractivity contribution in [2.24, 2.45) is 5.92 Å². The number of aryl methyl sites for hydroxylation is 1. The van der Waals surface area contributed by atoms with Crippen LogP contribution in [0, 0.1) is 12.8 Å². The first-order valence-corrected chi connectivity index (χ1v) is 9.49. The Morgan fingerprint density at radius 3 is 2.81 bits per heavy atom. The van der Waals surface area contributed by atoms with E-state index in [4.69, 9.17) is 0 Å². The van der Waals surface area contributed by atoms with E-state index in [-0.39, 0.29) is 0 Å². The van der Waals surface area contributed by atoms with Gasteiger partial charge in [-0.2, -0.15) is 0 Å². The first-order valence-electron chi connectivity index (χ1n) is 7.23. The number of nitrogens with one attached hydrogen (secondary N) is 1. The summed E-state index contributed by atoms with van der Waals surface area (Å²) in [6, 6.07) is 1.81. The second-order valence-corrected chi connectivity index (χ2v) is 9.22. The highest BCUT2D eigenvalue weighted by molar-refractivity contribution is 7.89. The van der Waals surface area contributed by atoms with Gasteiger partial charge in [0.25, 0.3) is 0 Å². The van der Waals surface area contributed by atoms with Crippen molar-refractivity contribution < 1.29 is 8.42 Å². The summed E-state index contributed by atoms with van der Waals surface area (Å²) >= 11 is 1.55. The Bertz CT molecular complexity index is 583. The summed E-state index contributed by atoms with van der Waals surface area (Å²) in [7, 11) is 2.27. The summed E-state index contributed by atoms with van der Waals surface area (Å²) in [5, 5.41) is 3.07. The highest BCUT2D eigenvalue weighted by Crippen LogP contribution is 2.28. The minimum absolute atomic E-state index is 0.436. The Morgan fingerprint density at radius 2 is 2.24 bits per heavy atom. The van der Waals surface area contributed by atoms with E-state index in [1.54, 1.807) is 18.4 Å². The smallest absolute Gasteiger partial charge is 0.243 e. The van der Waals surface area contributed by atoms with Crippen molar-refractivity contribution in [3.63, 3.8) is 0 Å². The quantitative estimate of drug-likeness (QED) is 0.855. The fraction of sp³-hybridized carbons (Fsp3) is 0.714. The third-order valence-electron chi connectivity index (χ3n) is 3.97. The molecule has 1 fully saturated rings. The van der Waals surface area contributed by atoms with E-state index in [2.05, 4.69) is 17.3 Å². The van der Waals surface area contributed by atoms with Gasteiger partial charge >= 0.3 is 0 Å². The first-order chi connectivity index (χ1) is 9.84. The lowest BCUT2D eigenvalue weighted by Crippen LogP contribution is -2.33. The van der Waals surface area contributed by atoms with Gasteiger partial charge in [0.2, 0.25) is 10.0 Å². The van der Waals surface area contributed by atoms with Gasteiger partial charge in [0, 0.05) is 36.4 Å². The van der Waals surface area contributed by atoms with E-state index >= 15 is 0 Å². The molecule has 2 heterocycles. The molecule has 1 aliphatic rings. The van der Waals surface area contributed by atoms with Gasteiger partial charge in [-0.3, -0.25) is 0 Å². The topological polar surface area (TPSA) is 52.7 Å². The van der Waals surface area contributed by atoms with Gasteiger partial charge in [0.1, 0.15) is 0 Å². The number of thiophene rings is 1. The highest BCUT2D eigenvalue weighted by atomic mass is 32.2. The lowest BCUT2D eigenvalue weighted by molar-refractivity contribution is 0.356. The molecule has 1 aromatic rings. The molecule has 0 spiro atoms. The Kier molecular flexibility index (Phi) is 5.43. The number of rotatable bonds is 6. The van der Waals surface area contributed by atoms with Crippen LogP contribution in [0.1, 0.15) is 16.2 Å². The predicted molar refractivity (Wildman–Crippen MR) is 87.2 cm³/mol. The normalized spacial score (nSPS) is 20.5. The molecule has 120 valence electrons. The molecule has 2 rings (SSSR count). The number of hydrogen-bond acceptors (Lipinski definition) is 5. The zero-order valence-corrected chi connectivity index (χ0v) is 14.9. The van der Waals surface area contributed by atoms with Gasteiger partial charge in [-0.15, -0.1) is 11.3 Å². The Labute approximate surface area is 132 Å². The molecule has 1 atom stereocenters. The Balaban J connectivity index is 2.13. The van der Waals surface area contributed by atoms with Crippen LogP contribution in [-0.4, -0.2) is 58.4 Å². The number of sulfonamides is 1. The number of likely N-dealkylation sites (tertiary alicyclic amines) is 1. The number of nitrogens with zero attached hydrogens (tertiary/aromatic N) is 2. The van der Waals surface area contributed by atoms with Crippen molar-refractivity contribution in [2.45, 2.75) is 24.8 Å². The summed E-state index contributed by atoms with van der Waals surface area (Å²) in [6.07, 6.45) is 1.07. The summed E-state index contributed by atoms with van der Waals surface area (Å²) in [5.41, 5.74) is 0. The van der Waals surface area contributed by atoms with E-state index in [1.807, 2.05) is 20.0 Å². The maximum atomic E-state index is 12.7. The molecule has 1 aromatic heterocycles. The summed E-state index contributed by atoms with van der Waals surface area (Å²) in [4.78, 5) is 4.65. The molecule has 0 aromatic carbocycles. The van der Waals surface area contributed by atoms with Gasteiger partial charge < -0.3 is 10.2 Å². The fourth-order valence-corrected chi connectivity index (χ4v) is 5.71. The van der Waals surface area contributed by atoms with E-state index in [1.165, 1.54) is 4.31 Å². The summed E-state index contributed by atoms with van der Waals surface area (Å²) in [6.45, 7) is 5.23. The minimum atomic E-state index is -3.37. The maximum Gasteiger partial charge on any atom is 0.243 e. The van der Waals surface area contributed by atoms with Gasteiger partial charge in [0.05, 0.1) is 4.90 Å². The minimum Gasteiger partial charge on any atom is -0.315 e. The van der Waals surface area contributed by atoms with Crippen molar-refractivity contribution in [1.82, 2.24) is 14.5 Å². The average molecular weight is 332 g/mol. The standard InChI is InChI=1S/C14H25N3O2S2/c1-11-14(7-13(20-11)8-15-2)21(18,19)17(4)10-12-5-6-16(3)9-12/h7,12,15H,5-6,8-10H2,1-4H3. The molecule has 1 unspecified atom stereocenters. The van der Waals surface area contributed by atoms with Gasteiger partial charge in [-0.25, -0.2) is 12.7 Å². The summed E-state index contributed by atoms with van der Waals surface area (Å²) in [5.74, 6) is 0.436. The highest BCUT2D eigenvalue weighted by Gasteiger charge is 2.29. The molecule has 1 N–H and O–H groups in total. The fourth-order valence-electron chi connectivity index (χ4n) is 2.85. The van der Waals surface area contributed by atoms with Gasteiger partial charge in [-0.05, 0) is 46.0 Å². The number of hydrogen-bond donors (Lipinski definition) is 1. The molecule has 5 nitrogen and oxygen atoms in total. The first kappa shape index (κ1) is 16.9. The molecular weight excluding hydrogens is 306 g/mol. The summed E-state index contributed by atoms with van der Waals surface area (Å²) < 4.78 is 27.0. The van der Waals surface area contributed by atoms with Gasteiger partial charge in [0.15, 0.2) is 0 Å². The second-order valence-electron chi connectivity index (χ2n) is 5.87. The van der Waals surface area contributed by atoms with Crippen LogP contribution < -0.4 is 5.32 Å². The van der Waals surface area contributed by atoms with Crippen LogP contribution >= 0.6 is 11.3 Å². The monoisotopic (exact) mass is 331 g/mol. The van der Waals surface area contributed by atoms with Crippen LogP contribution in [0.5, 0.6) is 0 Å². The van der Waals surface area contributed by atoms with E-state index in [0.717, 1.165) is 29.3 Å². The molecule has 0 bridgehead atoms. The molecule has 0 radical (unpaired) electrons. The van der Waals surface area contributed by atoms with Crippen molar-refractivity contribution in [3.05, 3.63) is 15.8 Å². The van der Waals surface area contributed by atoms with Crippen LogP contribution in [0.4, 0.5) is 0 Å². The average Bonchev–Trinajstić information content (AvgIpc) is 2.96. The van der Waals surface area contributed by atoms with Crippen molar-refractivity contribution in [1.29, 1.82) is 0 Å². The Hall–Kier alpha value is -0.470. The molecule has 1 aliphatic heterocycles. The molecule has 21 heavy (non-hydrogen) atoms. The lowest BCUT2D eigenvalue weighted by Gasteiger charge is -2.20. The van der Waals surface area contributed by atoms with Crippen LogP contribution in [0.15, 0.2) is 11.0 Å². The predicted octanol–water partition coefficient (Wildman–Crippen LogP) is 1.35. The molecule has 1 saturated heterocycles. The van der Waals surface area contributed by atoms with Crippen molar-refractivity contribution >= 4 is 21.4 Å². The van der Waals surface area contributed by atoms with Crippen LogP contribution in [0.3, 0.4) is 0 Å². The molecular formula is C14H25N3O2S2. The molecule has 0 aliphatic carbocycles. The molecule has 0 saturated carbocycles. The van der Waals surface area contributed by atoms with Crippen LogP contribution in [-0.2, 0) is 16.6 Å². The van der Waals surface area contributed by atoms with Crippen LogP contribution in [0.25, 0.3) is 0 Å². The zero-order valence-electron chi connectivity index (χ0n) is 13.2. The lowest BCUT2D eigenvalue weighted by atomic mass is 10.1. The van der Waals surface area contributed by atoms with Crippen LogP contribution in [0.2, 0.25) is 0 Å². The van der Waals surface area contributed by atoms with Crippen molar-refractivity contribution in [3.8, 4) is 0 Å². The van der Waals surface area contributed by atoms with E-state index < -0.39 is 10.0 Å². The largest absolute Gasteiger partial charge is 0.315 e. The molecule has 7 heteroatoms. The second kappa shape index (κ2) is 6.75. The third-order valence-corrected chi connectivity index (χ3v) is 7.10. The van der Waals surface area contributed by atoms with E-state index in [0.29, 0.717) is 23.9 Å². The van der Waals surface area contributed by atoms with Gasteiger partial charge in [-0.1, -0.05) is 0 Å². The third kappa shape index (κ3) is 3.84. The SMILES string of the molecule is CNCc1cc(S(=O)(=O)N(C)CC2CCN(C)C2)c(C)s1. The molecule has 0 amide bonds. The maximum absolute atomic E-state index is 12.7. The van der Waals surface area contributed by atoms with E-state index in [9.17, 15) is 8.42 Å². The van der Waals surface area contributed by atoms with Crippen molar-refractivity contribution in [2.75, 3.05) is 40.8 Å².